The summed E-state index contributed by atoms with van der Waals surface area (Å²) >= 11 is 0. The number of carbonyl (C=O) groups is 1. The molecule has 1 amide bonds. The summed E-state index contributed by atoms with van der Waals surface area (Å²) < 4.78 is 73.4. The number of nitro benzene ring substituents is 1. The smallest absolute Gasteiger partial charge is 0.319 e. The number of anilines is 1. The maximum atomic E-state index is 13.6. The van der Waals surface area contributed by atoms with E-state index in [-0.39, 0.29) is 5.56 Å². The van der Waals surface area contributed by atoms with Crippen LogP contribution in [0.15, 0.2) is 47.4 Å². The molecule has 0 aliphatic heterocycles. The molecule has 0 atom stereocenters. The standard InChI is InChI=1S/C14H8F4N2O5S/c15-11-6-3-9(20(22)23)7-12(11)19-13(21)8-1-4-10(5-2-8)26(24,25)14(16,17)18/h1-7H,(H,19,21). The Labute approximate surface area is 143 Å². The third-order valence-corrected chi connectivity index (χ3v) is 4.64. The number of alkyl halides is 3. The molecule has 2 aromatic carbocycles. The summed E-state index contributed by atoms with van der Waals surface area (Å²) in [6, 6.07) is 5.12. The second kappa shape index (κ2) is 6.71. The largest absolute Gasteiger partial charge is 0.501 e. The van der Waals surface area contributed by atoms with Crippen molar-refractivity contribution in [3.05, 3.63) is 64.0 Å². The molecule has 0 bridgehead atoms. The zero-order valence-electron chi connectivity index (χ0n) is 12.5. The van der Waals surface area contributed by atoms with Crippen LogP contribution < -0.4 is 5.32 Å². The highest BCUT2D eigenvalue weighted by Gasteiger charge is 2.46. The number of benzene rings is 2. The van der Waals surface area contributed by atoms with Crippen molar-refractivity contribution in [2.45, 2.75) is 10.4 Å². The summed E-state index contributed by atoms with van der Waals surface area (Å²) in [4.78, 5) is 20.8. The van der Waals surface area contributed by atoms with Crippen LogP contribution in [0, 0.1) is 15.9 Å². The van der Waals surface area contributed by atoms with Gasteiger partial charge in [0.25, 0.3) is 21.4 Å². The number of rotatable bonds is 4. The van der Waals surface area contributed by atoms with Gasteiger partial charge in [-0.25, -0.2) is 12.8 Å². The topological polar surface area (TPSA) is 106 Å². The quantitative estimate of drug-likeness (QED) is 0.488. The van der Waals surface area contributed by atoms with Crippen molar-refractivity contribution in [1.82, 2.24) is 0 Å². The zero-order valence-corrected chi connectivity index (χ0v) is 13.3. The van der Waals surface area contributed by atoms with Crippen LogP contribution in [0.3, 0.4) is 0 Å². The van der Waals surface area contributed by atoms with Crippen LogP contribution in [0.25, 0.3) is 0 Å². The Hall–Kier alpha value is -3.02. The van der Waals surface area contributed by atoms with E-state index in [1.54, 1.807) is 0 Å². The molecule has 0 fully saturated rings. The molecular weight excluding hydrogens is 384 g/mol. The number of nitrogens with one attached hydrogen (secondary N) is 1. The van der Waals surface area contributed by atoms with Crippen LogP contribution in [-0.2, 0) is 9.84 Å². The third kappa shape index (κ3) is 3.79. The fraction of sp³-hybridized carbons (Fsp3) is 0.0714. The first-order chi connectivity index (χ1) is 11.9. The first-order valence-corrected chi connectivity index (χ1v) is 8.08. The monoisotopic (exact) mass is 392 g/mol. The molecule has 1 N–H and O–H groups in total. The van der Waals surface area contributed by atoms with E-state index >= 15 is 0 Å². The minimum Gasteiger partial charge on any atom is -0.319 e. The van der Waals surface area contributed by atoms with E-state index in [2.05, 4.69) is 0 Å². The summed E-state index contributed by atoms with van der Waals surface area (Å²) in [6.45, 7) is 0. The Balaban J connectivity index is 2.27. The molecule has 0 unspecified atom stereocenters. The van der Waals surface area contributed by atoms with Crippen molar-refractivity contribution in [3.63, 3.8) is 0 Å². The summed E-state index contributed by atoms with van der Waals surface area (Å²) in [6.07, 6.45) is 0. The number of hydrogen-bond acceptors (Lipinski definition) is 5. The summed E-state index contributed by atoms with van der Waals surface area (Å²) in [5.41, 5.74) is -6.79. The molecule has 0 spiro atoms. The van der Waals surface area contributed by atoms with Crippen molar-refractivity contribution in [2.75, 3.05) is 5.32 Å². The zero-order chi connectivity index (χ0) is 19.7. The number of amides is 1. The predicted octanol–water partition coefficient (Wildman–Crippen LogP) is 3.28. The third-order valence-electron chi connectivity index (χ3n) is 3.14. The molecule has 138 valence electrons. The van der Waals surface area contributed by atoms with Gasteiger partial charge in [-0.2, -0.15) is 13.2 Å². The lowest BCUT2D eigenvalue weighted by Crippen LogP contribution is -2.23. The SMILES string of the molecule is O=C(Nc1cc([N+](=O)[O-])ccc1F)c1ccc(S(=O)(=O)C(F)(F)F)cc1. The van der Waals surface area contributed by atoms with Crippen LogP contribution in [0.2, 0.25) is 0 Å². The Morgan fingerprint density at radius 2 is 1.65 bits per heavy atom. The summed E-state index contributed by atoms with van der Waals surface area (Å²) in [7, 11) is -5.57. The number of non-ortho nitro benzene ring substituents is 1. The second-order valence-electron chi connectivity index (χ2n) is 4.85. The van der Waals surface area contributed by atoms with Gasteiger partial charge in [0.2, 0.25) is 0 Å². The number of carbonyl (C=O) groups excluding carboxylic acids is 1. The van der Waals surface area contributed by atoms with E-state index < -0.39 is 48.3 Å². The number of halogens is 4. The summed E-state index contributed by atoms with van der Waals surface area (Å²) in [5, 5.41) is 12.7. The van der Waals surface area contributed by atoms with Crippen LogP contribution >= 0.6 is 0 Å². The minimum atomic E-state index is -5.57. The van der Waals surface area contributed by atoms with Gasteiger partial charge in [0, 0.05) is 17.7 Å². The fourth-order valence-corrected chi connectivity index (χ4v) is 2.60. The first-order valence-electron chi connectivity index (χ1n) is 6.60. The molecule has 0 aliphatic carbocycles. The highest BCUT2D eigenvalue weighted by atomic mass is 32.2. The van der Waals surface area contributed by atoms with E-state index in [9.17, 15) is 40.9 Å². The van der Waals surface area contributed by atoms with E-state index in [4.69, 9.17) is 0 Å². The molecule has 0 saturated carbocycles. The minimum absolute atomic E-state index is 0.281. The van der Waals surface area contributed by atoms with Crippen molar-refractivity contribution < 1.29 is 35.7 Å². The predicted molar refractivity (Wildman–Crippen MR) is 80.7 cm³/mol. The molecule has 0 radical (unpaired) electrons. The van der Waals surface area contributed by atoms with Crippen LogP contribution in [0.4, 0.5) is 28.9 Å². The van der Waals surface area contributed by atoms with Crippen molar-refractivity contribution in [2.24, 2.45) is 0 Å². The van der Waals surface area contributed by atoms with Crippen molar-refractivity contribution in [3.8, 4) is 0 Å². The maximum absolute atomic E-state index is 13.6. The molecule has 2 aromatic rings. The molecule has 0 aliphatic rings. The van der Waals surface area contributed by atoms with Gasteiger partial charge in [-0.15, -0.1) is 0 Å². The van der Waals surface area contributed by atoms with Crippen molar-refractivity contribution in [1.29, 1.82) is 0 Å². The Kier molecular flexibility index (Phi) is 4.98. The van der Waals surface area contributed by atoms with Gasteiger partial charge in [0.15, 0.2) is 0 Å². The molecule has 26 heavy (non-hydrogen) atoms. The van der Waals surface area contributed by atoms with Gasteiger partial charge >= 0.3 is 5.51 Å². The van der Waals surface area contributed by atoms with E-state index in [1.165, 1.54) is 0 Å². The Bertz CT molecular complexity index is 972. The van der Waals surface area contributed by atoms with Crippen LogP contribution in [0.5, 0.6) is 0 Å². The van der Waals surface area contributed by atoms with Crippen LogP contribution in [-0.4, -0.2) is 24.8 Å². The average molecular weight is 392 g/mol. The molecule has 0 saturated heterocycles. The first kappa shape index (κ1) is 19.3. The average Bonchev–Trinajstić information content (AvgIpc) is 2.55. The molecule has 0 aromatic heterocycles. The Morgan fingerprint density at radius 3 is 2.15 bits per heavy atom. The van der Waals surface area contributed by atoms with Gasteiger partial charge in [0.1, 0.15) is 5.82 Å². The fourth-order valence-electron chi connectivity index (χ4n) is 1.84. The lowest BCUT2D eigenvalue weighted by Gasteiger charge is -2.09. The summed E-state index contributed by atoms with van der Waals surface area (Å²) in [5.74, 6) is -1.97. The van der Waals surface area contributed by atoms with E-state index in [0.29, 0.717) is 12.1 Å². The molecular formula is C14H8F4N2O5S. The number of hydrogen-bond donors (Lipinski definition) is 1. The number of nitro groups is 1. The van der Waals surface area contributed by atoms with Gasteiger partial charge < -0.3 is 5.32 Å². The lowest BCUT2D eigenvalue weighted by molar-refractivity contribution is -0.384. The van der Waals surface area contributed by atoms with E-state index in [1.807, 2.05) is 5.32 Å². The van der Waals surface area contributed by atoms with E-state index in [0.717, 1.165) is 30.3 Å². The normalized spacial score (nSPS) is 11.8. The lowest BCUT2D eigenvalue weighted by atomic mass is 10.2. The van der Waals surface area contributed by atoms with Crippen molar-refractivity contribution >= 4 is 27.1 Å². The number of nitrogens with zero attached hydrogens (tertiary/aromatic N) is 1. The maximum Gasteiger partial charge on any atom is 0.501 e. The molecule has 2 rings (SSSR count). The molecule has 12 heteroatoms. The van der Waals surface area contributed by atoms with Crippen LogP contribution in [0.1, 0.15) is 10.4 Å². The second-order valence-corrected chi connectivity index (χ2v) is 6.79. The van der Waals surface area contributed by atoms with Gasteiger partial charge in [-0.05, 0) is 30.3 Å². The van der Waals surface area contributed by atoms with Gasteiger partial charge in [-0.1, -0.05) is 0 Å². The van der Waals surface area contributed by atoms with Gasteiger partial charge in [0.05, 0.1) is 15.5 Å². The molecule has 0 heterocycles. The molecule has 7 nitrogen and oxygen atoms in total. The highest BCUT2D eigenvalue weighted by Crippen LogP contribution is 2.30. The van der Waals surface area contributed by atoms with Gasteiger partial charge in [-0.3, -0.25) is 14.9 Å². The Morgan fingerprint density at radius 1 is 1.08 bits per heavy atom. The number of sulfone groups is 1. The highest BCUT2D eigenvalue weighted by molar-refractivity contribution is 7.92.